The van der Waals surface area contributed by atoms with Gasteiger partial charge in [-0.2, -0.15) is 0 Å². The molecule has 0 radical (unpaired) electrons. The number of likely N-dealkylation sites (N-methyl/N-ethyl adjacent to an activating group) is 5. The molecule has 2 saturated heterocycles. The number of rotatable bonds is 13. The van der Waals surface area contributed by atoms with Crippen molar-refractivity contribution in [1.29, 1.82) is 0 Å². The maximum atomic E-state index is 15.3. The van der Waals surface area contributed by atoms with Crippen LogP contribution >= 0.6 is 0 Å². The molecule has 4 N–H and O–H groups in total. The Morgan fingerprint density at radius 1 is 0.647 bits per heavy atom. The van der Waals surface area contributed by atoms with Gasteiger partial charge in [0.2, 0.25) is 53.2 Å². The molecule has 11 atom stereocenters. The van der Waals surface area contributed by atoms with Gasteiger partial charge >= 0.3 is 5.97 Å². The minimum absolute atomic E-state index is 0.109. The van der Waals surface area contributed by atoms with E-state index in [0.29, 0.717) is 37.0 Å². The Hall–Kier alpha value is -6.81. The monoisotopic (exact) mass is 1190 g/mol. The van der Waals surface area contributed by atoms with E-state index >= 15 is 14.4 Å². The summed E-state index contributed by atoms with van der Waals surface area (Å²) in [5, 5.41) is 11.2. The smallest absolute Gasteiger partial charge is 0.329 e. The topological polar surface area (TPSA) is 274 Å². The lowest BCUT2D eigenvalue weighted by Gasteiger charge is -2.41. The van der Waals surface area contributed by atoms with Crippen LogP contribution in [0.15, 0.2) is 24.3 Å². The number of cyclic esters (lactones) is 1. The van der Waals surface area contributed by atoms with Crippen LogP contribution in [0.4, 0.5) is 0 Å². The number of hydrogen-bond acceptors (Lipinski definition) is 13. The zero-order valence-electron chi connectivity index (χ0n) is 54.5. The Morgan fingerprint density at radius 3 is 1.71 bits per heavy atom. The van der Waals surface area contributed by atoms with Crippen LogP contribution in [0.25, 0.3) is 0 Å². The van der Waals surface area contributed by atoms with Gasteiger partial charge in [0.25, 0.3) is 5.91 Å². The zero-order chi connectivity index (χ0) is 64.7. The summed E-state index contributed by atoms with van der Waals surface area (Å²) in [7, 11) is 8.54. The molecule has 0 spiro atoms. The van der Waals surface area contributed by atoms with Gasteiger partial charge in [0.15, 0.2) is 6.10 Å². The summed E-state index contributed by atoms with van der Waals surface area (Å²) < 4.78 is 11.2. The number of amides is 10. The molecule has 85 heavy (non-hydrogen) atoms. The molecule has 2 heterocycles. The molecular formula is C62H102N10O13. The summed E-state index contributed by atoms with van der Waals surface area (Å²) in [6.07, 6.45) is -0.0272. The van der Waals surface area contributed by atoms with Gasteiger partial charge in [-0.1, -0.05) is 115 Å². The highest BCUT2D eigenvalue weighted by molar-refractivity contribution is 6.00. The van der Waals surface area contributed by atoms with Crippen LogP contribution in [0.2, 0.25) is 0 Å². The van der Waals surface area contributed by atoms with Crippen molar-refractivity contribution < 1.29 is 62.2 Å². The Bertz CT molecular complexity index is 2520. The summed E-state index contributed by atoms with van der Waals surface area (Å²) in [6, 6.07) is -3.39. The molecule has 2 aliphatic rings. The van der Waals surface area contributed by atoms with Crippen LogP contribution in [-0.2, 0) is 63.9 Å². The molecule has 1 aromatic carbocycles. The SMILES string of the molecule is CC[C@@H](C)[C@H]1C(=O)NCC(=O)N(C)[C@@H](C(C)C)C(=O)N[C@@H](Cc2ccc(OC)cc2)C(=O)O[C@H](C)C(=O)N2CCCC[C@H]2C(=O)N(C)[C@@H](C(C)C)C(=O)N[C@@H](C(C)C)C(=O)N(C)[C@H](CC(=O)NCC(C)(C)C)C(=O)N(C)[C@@H]([C@@H](C)CC)C(=O)N1C. The summed E-state index contributed by atoms with van der Waals surface area (Å²) >= 11 is 0. The van der Waals surface area contributed by atoms with Crippen LogP contribution in [0, 0.1) is 35.0 Å². The van der Waals surface area contributed by atoms with Crippen molar-refractivity contribution in [1.82, 2.24) is 50.7 Å². The molecule has 0 bridgehead atoms. The lowest BCUT2D eigenvalue weighted by Crippen LogP contribution is -2.63. The fourth-order valence-corrected chi connectivity index (χ4v) is 11.1. The van der Waals surface area contributed by atoms with Crippen molar-refractivity contribution in [3.63, 3.8) is 0 Å². The van der Waals surface area contributed by atoms with Gasteiger partial charge in [-0.15, -0.1) is 0 Å². The Balaban J connectivity index is 2.31. The molecule has 0 aromatic heterocycles. The summed E-state index contributed by atoms with van der Waals surface area (Å²) in [4.78, 5) is 168. The number of methoxy groups -OCH3 is 1. The molecule has 23 nitrogen and oxygen atoms in total. The quantitative estimate of drug-likeness (QED) is 0.207. The predicted octanol–water partition coefficient (Wildman–Crippen LogP) is 3.40. The second kappa shape index (κ2) is 32.1. The number of nitrogens with one attached hydrogen (secondary N) is 4. The van der Waals surface area contributed by atoms with Gasteiger partial charge in [-0.25, -0.2) is 4.79 Å². The molecular weight excluding hydrogens is 1090 g/mol. The molecule has 2 fully saturated rings. The highest BCUT2D eigenvalue weighted by atomic mass is 16.5. The first-order valence-corrected chi connectivity index (χ1v) is 30.2. The van der Waals surface area contributed by atoms with Crippen LogP contribution in [-0.4, -0.2) is 211 Å². The highest BCUT2D eigenvalue weighted by Gasteiger charge is 2.46. The number of carbonyl (C=O) groups is 11. The van der Waals surface area contributed by atoms with Crippen molar-refractivity contribution >= 4 is 65.0 Å². The Morgan fingerprint density at radius 2 is 1.18 bits per heavy atom. The molecule has 2 aliphatic heterocycles. The fraction of sp³-hybridized carbons (Fsp3) is 0.726. The summed E-state index contributed by atoms with van der Waals surface area (Å²) in [5.74, 6) is -9.93. The third kappa shape index (κ3) is 19.1. The molecule has 3 rings (SSSR count). The minimum Gasteiger partial charge on any atom is -0.497 e. The number of benzene rings is 1. The fourth-order valence-electron chi connectivity index (χ4n) is 11.1. The van der Waals surface area contributed by atoms with Crippen LogP contribution in [0.3, 0.4) is 0 Å². The third-order valence-electron chi connectivity index (χ3n) is 16.6. The average molecular weight is 1200 g/mol. The van der Waals surface area contributed by atoms with E-state index in [4.69, 9.17) is 9.47 Å². The lowest BCUT2D eigenvalue weighted by molar-refractivity contribution is -0.165. The van der Waals surface area contributed by atoms with Crippen LogP contribution in [0.5, 0.6) is 5.75 Å². The number of piperidine rings is 1. The van der Waals surface area contributed by atoms with E-state index in [9.17, 15) is 38.4 Å². The maximum Gasteiger partial charge on any atom is 0.329 e. The predicted molar refractivity (Wildman–Crippen MR) is 322 cm³/mol. The number of nitrogens with zero attached hydrogens (tertiary/aromatic N) is 6. The largest absolute Gasteiger partial charge is 0.497 e. The van der Waals surface area contributed by atoms with Gasteiger partial charge in [0.05, 0.1) is 20.1 Å². The van der Waals surface area contributed by atoms with E-state index in [1.54, 1.807) is 79.7 Å². The Labute approximate surface area is 505 Å². The number of hydrogen-bond donors (Lipinski definition) is 4. The lowest BCUT2D eigenvalue weighted by atomic mass is 9.92. The summed E-state index contributed by atoms with van der Waals surface area (Å²) in [5.41, 5.74) is 0.231. The van der Waals surface area contributed by atoms with E-state index in [2.05, 4.69) is 21.3 Å². The van der Waals surface area contributed by atoms with Crippen molar-refractivity contribution in [2.75, 3.05) is 62.0 Å². The van der Waals surface area contributed by atoms with Crippen molar-refractivity contribution in [3.8, 4) is 5.75 Å². The number of fused-ring (bicyclic) bond motifs is 1. The van der Waals surface area contributed by atoms with E-state index in [-0.39, 0.29) is 31.3 Å². The maximum absolute atomic E-state index is 15.3. The number of esters is 1. The highest BCUT2D eigenvalue weighted by Crippen LogP contribution is 2.27. The van der Waals surface area contributed by atoms with Gasteiger partial charge in [0, 0.05) is 54.7 Å². The number of ether oxygens (including phenoxy) is 2. The van der Waals surface area contributed by atoms with Gasteiger partial charge in [0.1, 0.15) is 54.1 Å². The first-order valence-electron chi connectivity index (χ1n) is 30.2. The first-order chi connectivity index (χ1) is 39.6. The minimum atomic E-state index is -1.52. The second-order valence-corrected chi connectivity index (χ2v) is 25.6. The van der Waals surface area contributed by atoms with Crippen molar-refractivity contribution in [3.05, 3.63) is 29.8 Å². The Kier molecular flexibility index (Phi) is 27.3. The van der Waals surface area contributed by atoms with E-state index < -0.39 is 162 Å². The number of carbonyl (C=O) groups excluding carboxylic acids is 11. The molecule has 10 amide bonds. The zero-order valence-corrected chi connectivity index (χ0v) is 54.5. The first kappa shape index (κ1) is 72.4. The molecule has 478 valence electrons. The molecule has 23 heteroatoms. The van der Waals surface area contributed by atoms with Crippen LogP contribution in [0.1, 0.15) is 141 Å². The van der Waals surface area contributed by atoms with Crippen molar-refractivity contribution in [2.24, 2.45) is 35.0 Å². The summed E-state index contributed by atoms with van der Waals surface area (Å²) in [6.45, 7) is 24.3. The second-order valence-electron chi connectivity index (χ2n) is 25.6. The van der Waals surface area contributed by atoms with Gasteiger partial charge in [-0.3, -0.25) is 47.9 Å². The molecule has 0 unspecified atom stereocenters. The molecule has 0 aliphatic carbocycles. The van der Waals surface area contributed by atoms with E-state index in [1.807, 2.05) is 34.6 Å². The van der Waals surface area contributed by atoms with Crippen molar-refractivity contribution in [2.45, 2.75) is 196 Å². The average Bonchev–Trinajstić information content (AvgIpc) is 2.75. The molecule has 1 aromatic rings. The normalized spacial score (nSPS) is 26.0. The third-order valence-corrected chi connectivity index (χ3v) is 16.6. The standard InChI is InChI=1S/C62H102N10O13/c1-21-38(9)51-53(75)63-33-47(74)68(16)49(36(5)6)54(76)65-43(31-41-26-28-42(84-20)29-27-41)61(83)85-40(11)56(78)72-30-24-23-25-44(72)57(79)69(17)50(37(7)8)55(77)66-48(35(3)4)59(81)67(15)45(32-46(73)64-34-62(12,13)14)58(80)71(19)52(39(10)22-2)60(82)70(51)18/h26-29,35-40,43-45,48-52H,21-25,30-34H2,1-20H3,(H,63,75)(H,64,73)(H,65,76)(H,66,77)/t38-,39+,40-,43+,44+,45-,48+,49+,50+,51+,52+/m1/s1. The van der Waals surface area contributed by atoms with E-state index in [1.165, 1.54) is 68.9 Å². The van der Waals surface area contributed by atoms with Crippen LogP contribution < -0.4 is 26.0 Å². The van der Waals surface area contributed by atoms with Gasteiger partial charge in [-0.05, 0) is 78.9 Å². The van der Waals surface area contributed by atoms with Gasteiger partial charge < -0.3 is 60.1 Å². The molecule has 0 saturated carbocycles. The van der Waals surface area contributed by atoms with E-state index in [0.717, 1.165) is 9.80 Å².